The van der Waals surface area contributed by atoms with E-state index in [-0.39, 0.29) is 80.1 Å². The van der Waals surface area contributed by atoms with Gasteiger partial charge in [-0.3, -0.25) is 34.1 Å². The molecule has 0 radical (unpaired) electrons. The first-order chi connectivity index (χ1) is 30.3. The van der Waals surface area contributed by atoms with E-state index in [1.807, 2.05) is 43.0 Å². The zero-order valence-electron chi connectivity index (χ0n) is 37.8. The number of carbonyl (C=O) groups is 7. The number of urea groups is 1. The van der Waals surface area contributed by atoms with Crippen LogP contribution in [0.25, 0.3) is 0 Å². The molecule has 6 rings (SSSR count). The van der Waals surface area contributed by atoms with Crippen molar-refractivity contribution in [2.45, 2.75) is 136 Å². The van der Waals surface area contributed by atoms with Crippen molar-refractivity contribution in [2.75, 3.05) is 39.4 Å². The van der Waals surface area contributed by atoms with Gasteiger partial charge in [-0.1, -0.05) is 18.8 Å². The molecule has 4 amide bonds. The number of aryl methyl sites for hydroxylation is 4. The monoisotopic (exact) mass is 857 g/mol. The van der Waals surface area contributed by atoms with Gasteiger partial charge < -0.3 is 14.5 Å². The lowest BCUT2D eigenvalue weighted by molar-refractivity contribution is -0.141. The summed E-state index contributed by atoms with van der Waals surface area (Å²) in [6, 6.07) is 7.28. The molecule has 334 valence electrons. The maximum absolute atomic E-state index is 14.4. The van der Waals surface area contributed by atoms with Crippen LogP contribution in [0.15, 0.2) is 24.3 Å². The van der Waals surface area contributed by atoms with E-state index in [4.69, 9.17) is 4.74 Å². The molecular formula is C52H63N3O8. The Morgan fingerprint density at radius 2 is 1.21 bits per heavy atom. The lowest BCUT2D eigenvalue weighted by atomic mass is 9.62. The minimum atomic E-state index is -0.995. The zero-order chi connectivity index (χ0) is 45.3. The van der Waals surface area contributed by atoms with Crippen molar-refractivity contribution in [3.05, 3.63) is 68.8 Å². The Balaban J connectivity index is 1.24. The van der Waals surface area contributed by atoms with E-state index >= 15 is 0 Å². The molecular weight excluding hydrogens is 795 g/mol. The fraction of sp³-hybridized carbons (Fsp3) is 0.558. The lowest BCUT2D eigenvalue weighted by Gasteiger charge is -2.45. The first-order valence-corrected chi connectivity index (χ1v) is 22.9. The van der Waals surface area contributed by atoms with E-state index in [0.717, 1.165) is 46.2 Å². The van der Waals surface area contributed by atoms with Crippen molar-refractivity contribution in [1.82, 2.24) is 15.1 Å². The smallest absolute Gasteiger partial charge is 0.324 e. The Morgan fingerprint density at radius 3 is 1.68 bits per heavy atom. The number of ether oxygens (including phenoxy) is 1. The number of benzene rings is 2. The van der Waals surface area contributed by atoms with Crippen LogP contribution >= 0.6 is 0 Å². The van der Waals surface area contributed by atoms with Gasteiger partial charge in [0.25, 0.3) is 0 Å². The third-order valence-electron chi connectivity index (χ3n) is 13.6. The maximum Gasteiger partial charge on any atom is 0.324 e. The predicted molar refractivity (Wildman–Crippen MR) is 240 cm³/mol. The number of imide groups is 1. The molecule has 2 aromatic carbocycles. The molecule has 3 aliphatic heterocycles. The second kappa shape index (κ2) is 21.3. The molecule has 1 N–H and O–H groups in total. The van der Waals surface area contributed by atoms with Crippen molar-refractivity contribution < 1.29 is 38.3 Å². The Bertz CT molecular complexity index is 2210. The molecule has 11 heteroatoms. The molecule has 0 atom stereocenters. The lowest BCUT2D eigenvalue weighted by Crippen LogP contribution is -2.48. The van der Waals surface area contributed by atoms with Gasteiger partial charge in [0.15, 0.2) is 0 Å². The first-order valence-electron chi connectivity index (χ1n) is 22.9. The van der Waals surface area contributed by atoms with Crippen LogP contribution in [0, 0.1) is 48.9 Å². The van der Waals surface area contributed by atoms with Gasteiger partial charge in [-0.05, 0) is 148 Å². The summed E-state index contributed by atoms with van der Waals surface area (Å²) >= 11 is 0. The number of amides is 4. The number of hydrogen-bond acceptors (Lipinski definition) is 8. The molecule has 0 unspecified atom stereocenters. The van der Waals surface area contributed by atoms with Gasteiger partial charge in [-0.2, -0.15) is 0 Å². The number of carbonyl (C=O) groups excluding carboxylic acids is 7. The number of likely N-dealkylation sites (tertiary alicyclic amines) is 1. The molecule has 3 saturated heterocycles. The average molecular weight is 858 g/mol. The van der Waals surface area contributed by atoms with Gasteiger partial charge in [-0.25, -0.2) is 4.79 Å². The summed E-state index contributed by atoms with van der Waals surface area (Å²) in [6.45, 7) is 12.1. The Kier molecular flexibility index (Phi) is 15.9. The van der Waals surface area contributed by atoms with E-state index in [1.54, 1.807) is 20.8 Å². The number of hydrogen-bond donors (Lipinski definition) is 1. The van der Waals surface area contributed by atoms with Gasteiger partial charge in [0.2, 0.25) is 11.8 Å². The van der Waals surface area contributed by atoms with Gasteiger partial charge in [0.05, 0.1) is 0 Å². The summed E-state index contributed by atoms with van der Waals surface area (Å²) in [7, 11) is 0. The largest absolute Gasteiger partial charge is 0.381 e. The summed E-state index contributed by atoms with van der Waals surface area (Å²) in [5.41, 5.74) is 5.72. The highest BCUT2D eigenvalue weighted by Gasteiger charge is 2.48. The van der Waals surface area contributed by atoms with Gasteiger partial charge in [-0.15, -0.1) is 11.8 Å². The third kappa shape index (κ3) is 11.4. The average Bonchev–Trinajstić information content (AvgIpc) is 3.24. The molecule has 63 heavy (non-hydrogen) atoms. The summed E-state index contributed by atoms with van der Waals surface area (Å²) in [6.07, 6.45) is 5.99. The molecule has 0 bridgehead atoms. The normalized spacial score (nSPS) is 19.3. The Morgan fingerprint density at radius 1 is 0.714 bits per heavy atom. The van der Waals surface area contributed by atoms with E-state index in [2.05, 4.69) is 29.0 Å². The molecule has 4 aliphatic rings. The van der Waals surface area contributed by atoms with E-state index in [0.29, 0.717) is 88.3 Å². The van der Waals surface area contributed by atoms with Crippen LogP contribution in [0.5, 0.6) is 0 Å². The predicted octanol–water partition coefficient (Wildman–Crippen LogP) is 7.02. The van der Waals surface area contributed by atoms with Crippen LogP contribution in [0.4, 0.5) is 4.79 Å². The minimum absolute atomic E-state index is 0.0798. The van der Waals surface area contributed by atoms with E-state index in [9.17, 15) is 33.6 Å². The fourth-order valence-corrected chi connectivity index (χ4v) is 10.4. The summed E-state index contributed by atoms with van der Waals surface area (Å²) in [5.74, 6) is 9.87. The van der Waals surface area contributed by atoms with Crippen LogP contribution in [-0.2, 0) is 46.3 Å². The Hall–Kier alpha value is -5.39. The number of piperidine rings is 1. The molecule has 1 spiro atoms. The molecule has 0 aromatic heterocycles. The highest BCUT2D eigenvalue weighted by atomic mass is 16.5. The molecule has 2 aromatic rings. The highest BCUT2D eigenvalue weighted by Crippen LogP contribution is 2.47. The van der Waals surface area contributed by atoms with E-state index in [1.165, 1.54) is 4.90 Å². The Labute approximate surface area is 372 Å². The number of Topliss-reactive ketones (excluding diaryl/α,β-unsaturated/α-hetero) is 4. The first kappa shape index (κ1) is 47.1. The minimum Gasteiger partial charge on any atom is -0.381 e. The third-order valence-corrected chi connectivity index (χ3v) is 13.6. The molecule has 3 heterocycles. The summed E-state index contributed by atoms with van der Waals surface area (Å²) in [4.78, 5) is 98.5. The van der Waals surface area contributed by atoms with E-state index < -0.39 is 23.3 Å². The van der Waals surface area contributed by atoms with Crippen molar-refractivity contribution in [2.24, 2.45) is 11.3 Å². The van der Waals surface area contributed by atoms with Crippen molar-refractivity contribution >= 4 is 41.0 Å². The second-order valence-electron chi connectivity index (χ2n) is 18.1. The number of nitrogens with zero attached hydrogens (tertiary/aromatic N) is 2. The quantitative estimate of drug-likeness (QED) is 0.220. The van der Waals surface area contributed by atoms with Gasteiger partial charge in [0.1, 0.15) is 35.0 Å². The summed E-state index contributed by atoms with van der Waals surface area (Å²) in [5, 5.41) is 2.38. The number of nitrogens with one attached hydrogen (secondary N) is 1. The number of rotatable bonds is 8. The van der Waals surface area contributed by atoms with Crippen molar-refractivity contribution in [1.29, 1.82) is 0 Å². The molecule has 11 nitrogen and oxygen atoms in total. The highest BCUT2D eigenvalue weighted by molar-refractivity contribution is 6.11. The number of ketones is 4. The van der Waals surface area contributed by atoms with Crippen LogP contribution < -0.4 is 5.32 Å². The molecule has 4 fully saturated rings. The fourth-order valence-electron chi connectivity index (χ4n) is 10.4. The standard InChI is InChI=1S/C52H63N3O8/c1-6-11-37-27-34(4)47(49-41(56)13-9-21-55(22-10-14-42(49)57)51(62)53-45(60)8-3)39(29-37)15-16-40-30-38(12-7-2)28-35(5)48(40)50-43(58)32-52(33-44(50)59)19-23-54(24-20-52)46(61)31-36-17-25-63-26-18-36/h27-30,36,49-50H,8-10,13-26,31-33H2,1-5H3,(H,53,60,62). The van der Waals surface area contributed by atoms with Crippen molar-refractivity contribution in [3.8, 4) is 23.7 Å². The topological polar surface area (TPSA) is 147 Å². The van der Waals surface area contributed by atoms with Gasteiger partial charge in [0, 0.05) is 89.0 Å². The SMILES string of the molecule is CC#Cc1cc(C)c(C2C(=O)CCCN(C(=O)NC(=O)CC)CCCC2=O)c(CCc2cc(C#CC)cc(C)c2C2C(=O)CC3(CCN(C(=O)CC4CCOCC4)CC3)CC2=O)c1. The maximum atomic E-state index is 14.4. The van der Waals surface area contributed by atoms with Crippen LogP contribution in [0.2, 0.25) is 0 Å². The van der Waals surface area contributed by atoms with Crippen LogP contribution in [0.3, 0.4) is 0 Å². The zero-order valence-corrected chi connectivity index (χ0v) is 37.8. The second-order valence-corrected chi connectivity index (χ2v) is 18.1. The molecule has 1 saturated carbocycles. The van der Waals surface area contributed by atoms with Crippen LogP contribution in [-0.4, -0.2) is 90.2 Å². The van der Waals surface area contributed by atoms with Crippen LogP contribution in [0.1, 0.15) is 154 Å². The summed E-state index contributed by atoms with van der Waals surface area (Å²) < 4.78 is 5.47. The van der Waals surface area contributed by atoms with Crippen molar-refractivity contribution in [3.63, 3.8) is 0 Å². The van der Waals surface area contributed by atoms with Gasteiger partial charge >= 0.3 is 6.03 Å². The molecule has 1 aliphatic carbocycles.